The lowest BCUT2D eigenvalue weighted by Crippen LogP contribution is -2.57. The third kappa shape index (κ3) is 11.0. The number of benzene rings is 2. The first-order chi connectivity index (χ1) is 25.5. The molecule has 4 rings (SSSR count). The first kappa shape index (κ1) is 41.7. The molecule has 54 heavy (non-hydrogen) atoms. The molecule has 1 aliphatic heterocycles. The van der Waals surface area contributed by atoms with Gasteiger partial charge in [0, 0.05) is 38.6 Å². The number of nitrogens with zero attached hydrogens (tertiary/aromatic N) is 3. The van der Waals surface area contributed by atoms with E-state index in [0.717, 1.165) is 28.5 Å². The Morgan fingerprint density at radius 2 is 1.44 bits per heavy atom. The minimum absolute atomic E-state index is 0.0838. The molecule has 0 spiro atoms. The van der Waals surface area contributed by atoms with Crippen molar-refractivity contribution in [2.75, 3.05) is 18.9 Å². The Morgan fingerprint density at radius 1 is 0.815 bits per heavy atom. The molecule has 3 aromatic rings. The molecule has 13 heteroatoms. The monoisotopic (exact) mass is 756 g/mol. The number of thioether (sulfide) groups is 1. The van der Waals surface area contributed by atoms with Gasteiger partial charge in [0.15, 0.2) is 5.12 Å². The van der Waals surface area contributed by atoms with Crippen molar-refractivity contribution in [3.8, 4) is 11.1 Å². The molecule has 0 aliphatic carbocycles. The Kier molecular flexibility index (Phi) is 14.2. The van der Waals surface area contributed by atoms with Crippen LogP contribution in [0.4, 0.5) is 10.5 Å². The van der Waals surface area contributed by atoms with Crippen molar-refractivity contribution in [2.24, 2.45) is 5.41 Å². The van der Waals surface area contributed by atoms with Crippen LogP contribution < -0.4 is 16.0 Å². The number of carbonyl (C=O) groups excluding carboxylic acids is 6. The molecule has 3 N–H and O–H groups in total. The van der Waals surface area contributed by atoms with Gasteiger partial charge >= 0.3 is 6.03 Å². The molecule has 1 aromatic heterocycles. The van der Waals surface area contributed by atoms with Gasteiger partial charge in [0.25, 0.3) is 5.91 Å². The number of nitrogens with one attached hydrogen (secondary N) is 3. The SMILES string of the molecule is CC(=O)S[C@@H](CCCN1C(=O)N(C)C(C)(C)C1=O)C(=O)NC(CCCc1ccc(-c2ccccc2)cc1)C(=O)NC(C(=O)Nc1ccncc1)C(C)(C)C. The summed E-state index contributed by atoms with van der Waals surface area (Å²) in [6, 6.07) is 19.1. The van der Waals surface area contributed by atoms with E-state index in [1.165, 1.54) is 16.7 Å². The predicted octanol–water partition coefficient (Wildman–Crippen LogP) is 5.83. The van der Waals surface area contributed by atoms with Crippen molar-refractivity contribution in [1.29, 1.82) is 0 Å². The number of hydrogen-bond donors (Lipinski definition) is 3. The van der Waals surface area contributed by atoms with E-state index >= 15 is 0 Å². The van der Waals surface area contributed by atoms with E-state index in [1.54, 1.807) is 45.4 Å². The molecular formula is C41H52N6O6S. The Balaban J connectivity index is 1.49. The molecule has 1 saturated heterocycles. The fourth-order valence-electron chi connectivity index (χ4n) is 6.16. The smallest absolute Gasteiger partial charge is 0.327 e. The number of rotatable bonds is 16. The highest BCUT2D eigenvalue weighted by Gasteiger charge is 2.49. The lowest BCUT2D eigenvalue weighted by atomic mass is 9.85. The second-order valence-corrected chi connectivity index (χ2v) is 16.5. The Morgan fingerprint density at radius 3 is 2.02 bits per heavy atom. The third-order valence-electron chi connectivity index (χ3n) is 9.59. The second kappa shape index (κ2) is 18.3. The van der Waals surface area contributed by atoms with Gasteiger partial charge in [0.05, 0.1) is 5.25 Å². The van der Waals surface area contributed by atoms with Gasteiger partial charge in [0.1, 0.15) is 17.6 Å². The van der Waals surface area contributed by atoms with Crippen LogP contribution >= 0.6 is 11.8 Å². The van der Waals surface area contributed by atoms with E-state index in [4.69, 9.17) is 0 Å². The van der Waals surface area contributed by atoms with Crippen LogP contribution in [0, 0.1) is 5.41 Å². The summed E-state index contributed by atoms with van der Waals surface area (Å²) in [4.78, 5) is 85.9. The van der Waals surface area contributed by atoms with Gasteiger partial charge in [-0.15, -0.1) is 0 Å². The quantitative estimate of drug-likeness (QED) is 0.154. The molecule has 12 nitrogen and oxygen atoms in total. The van der Waals surface area contributed by atoms with Gasteiger partial charge in [-0.2, -0.15) is 0 Å². The van der Waals surface area contributed by atoms with Crippen molar-refractivity contribution in [3.63, 3.8) is 0 Å². The topological polar surface area (TPSA) is 158 Å². The van der Waals surface area contributed by atoms with Crippen molar-refractivity contribution in [2.45, 2.75) is 96.5 Å². The number of imide groups is 1. The summed E-state index contributed by atoms with van der Waals surface area (Å²) in [7, 11) is 1.57. The zero-order chi connectivity index (χ0) is 39.6. The van der Waals surface area contributed by atoms with Gasteiger partial charge in [-0.05, 0) is 80.2 Å². The summed E-state index contributed by atoms with van der Waals surface area (Å²) in [5, 5.41) is 7.45. The van der Waals surface area contributed by atoms with Crippen LogP contribution in [0.3, 0.4) is 0 Å². The zero-order valence-corrected chi connectivity index (χ0v) is 33.0. The summed E-state index contributed by atoms with van der Waals surface area (Å²) in [6.45, 7) is 10.3. The van der Waals surface area contributed by atoms with E-state index < -0.39 is 52.0 Å². The van der Waals surface area contributed by atoms with Crippen LogP contribution in [0.5, 0.6) is 0 Å². The van der Waals surface area contributed by atoms with E-state index in [0.29, 0.717) is 18.5 Å². The van der Waals surface area contributed by atoms with Crippen LogP contribution in [0.2, 0.25) is 0 Å². The largest absolute Gasteiger partial charge is 0.343 e. The third-order valence-corrected chi connectivity index (χ3v) is 10.7. The van der Waals surface area contributed by atoms with E-state index in [1.807, 2.05) is 63.2 Å². The number of aromatic nitrogens is 1. The standard InChI is InChI=1S/C41H52N6O6S/c1-27(48)54-33(17-12-26-47-38(52)41(5,6)46(7)39(47)53)36(50)44-32(16-11-13-28-18-20-30(21-19-28)29-14-9-8-10-15-29)35(49)45-34(40(2,3)4)37(51)43-31-22-24-42-25-23-31/h8-10,14-15,18-25,32-34H,11-13,16-17,26H2,1-7H3,(H,44,50)(H,45,49)(H,42,43,51)/t32?,33-,34?/m0/s1. The highest BCUT2D eigenvalue weighted by Crippen LogP contribution is 2.27. The number of urea groups is 1. The fraction of sp³-hybridized carbons (Fsp3) is 0.439. The first-order valence-electron chi connectivity index (χ1n) is 18.2. The minimum Gasteiger partial charge on any atom is -0.343 e. The van der Waals surface area contributed by atoms with Gasteiger partial charge in [-0.1, -0.05) is 87.1 Å². The van der Waals surface area contributed by atoms with Crippen LogP contribution in [0.25, 0.3) is 11.1 Å². The summed E-state index contributed by atoms with van der Waals surface area (Å²) < 4.78 is 0. The first-order valence-corrected chi connectivity index (χ1v) is 19.1. The van der Waals surface area contributed by atoms with Gasteiger partial charge < -0.3 is 20.9 Å². The molecule has 2 aromatic carbocycles. The van der Waals surface area contributed by atoms with Crippen LogP contribution in [-0.2, 0) is 30.4 Å². The summed E-state index contributed by atoms with van der Waals surface area (Å²) >= 11 is 0.840. The minimum atomic E-state index is -1.02. The highest BCUT2D eigenvalue weighted by molar-refractivity contribution is 8.14. The fourth-order valence-corrected chi connectivity index (χ4v) is 7.02. The highest BCUT2D eigenvalue weighted by atomic mass is 32.2. The number of pyridine rings is 1. The summed E-state index contributed by atoms with van der Waals surface area (Å²) in [5.41, 5.74) is 2.12. The molecule has 2 unspecified atom stereocenters. The second-order valence-electron chi connectivity index (χ2n) is 15.1. The van der Waals surface area contributed by atoms with E-state index in [2.05, 4.69) is 33.1 Å². The molecule has 0 bridgehead atoms. The molecule has 6 amide bonds. The molecule has 3 atom stereocenters. The number of hydrogen-bond acceptors (Lipinski definition) is 8. The molecule has 2 heterocycles. The number of aryl methyl sites for hydroxylation is 1. The number of anilines is 1. The van der Waals surface area contributed by atoms with Gasteiger partial charge in [-0.25, -0.2) is 4.79 Å². The maximum absolute atomic E-state index is 14.1. The Bertz CT molecular complexity index is 1800. The Hall–Kier alpha value is -5.04. The average Bonchev–Trinajstić information content (AvgIpc) is 3.27. The van der Waals surface area contributed by atoms with Gasteiger partial charge in [-0.3, -0.25) is 33.9 Å². The lowest BCUT2D eigenvalue weighted by molar-refractivity contribution is -0.132. The van der Waals surface area contributed by atoms with E-state index in [9.17, 15) is 28.8 Å². The van der Waals surface area contributed by atoms with Crippen LogP contribution in [-0.4, -0.2) is 86.0 Å². The molecule has 288 valence electrons. The predicted molar refractivity (Wildman–Crippen MR) is 211 cm³/mol. The summed E-state index contributed by atoms with van der Waals surface area (Å²) in [5.74, 6) is -1.80. The molecule has 0 radical (unpaired) electrons. The molecular weight excluding hydrogens is 705 g/mol. The van der Waals surface area contributed by atoms with Crippen molar-refractivity contribution < 1.29 is 28.8 Å². The zero-order valence-electron chi connectivity index (χ0n) is 32.2. The molecule has 1 fully saturated rings. The van der Waals surface area contributed by atoms with Gasteiger partial charge in [0.2, 0.25) is 17.7 Å². The summed E-state index contributed by atoms with van der Waals surface area (Å²) in [6.07, 6.45) is 4.99. The molecule has 1 aliphatic rings. The number of likely N-dealkylation sites (N-methyl/N-ethyl adjacent to an activating group) is 1. The van der Waals surface area contributed by atoms with E-state index in [-0.39, 0.29) is 36.8 Å². The maximum atomic E-state index is 14.1. The molecule has 0 saturated carbocycles. The maximum Gasteiger partial charge on any atom is 0.327 e. The number of carbonyl (C=O) groups is 6. The van der Waals surface area contributed by atoms with Crippen LogP contribution in [0.15, 0.2) is 79.1 Å². The van der Waals surface area contributed by atoms with Crippen LogP contribution in [0.1, 0.15) is 72.8 Å². The number of amides is 6. The lowest BCUT2D eigenvalue weighted by Gasteiger charge is -2.32. The average molecular weight is 757 g/mol. The van der Waals surface area contributed by atoms with Crippen molar-refractivity contribution in [1.82, 2.24) is 25.4 Å². The van der Waals surface area contributed by atoms with Crippen molar-refractivity contribution in [3.05, 3.63) is 84.7 Å². The Labute approximate surface area is 322 Å². The normalized spacial score (nSPS) is 15.7. The van der Waals surface area contributed by atoms with Crippen molar-refractivity contribution >= 4 is 52.2 Å².